The first-order valence-corrected chi connectivity index (χ1v) is 15.4. The first-order chi connectivity index (χ1) is 19.0. The van der Waals surface area contributed by atoms with E-state index in [0.717, 1.165) is 15.4 Å². The van der Waals surface area contributed by atoms with Crippen LogP contribution in [0.2, 0.25) is 10.0 Å². The van der Waals surface area contributed by atoms with E-state index >= 15 is 0 Å². The zero-order valence-electron chi connectivity index (χ0n) is 24.5. The highest BCUT2D eigenvalue weighted by molar-refractivity contribution is 7.92. The number of sulfonamides is 1. The Bertz CT molecular complexity index is 1530. The van der Waals surface area contributed by atoms with Crippen LogP contribution in [0, 0.1) is 20.8 Å². The summed E-state index contributed by atoms with van der Waals surface area (Å²) in [4.78, 5) is 28.7. The SMILES string of the molecule is Cc1ccc(S(=O)(=O)N(CC(=O)N(Cc2ccc(Cl)cc2Cl)[C@H](C)C(=O)NC(C)(C)C)c2ccc(C)cc2C)cc1. The van der Waals surface area contributed by atoms with Crippen molar-refractivity contribution in [1.82, 2.24) is 10.2 Å². The van der Waals surface area contributed by atoms with Gasteiger partial charge in [-0.15, -0.1) is 0 Å². The third kappa shape index (κ3) is 8.24. The Kier molecular flexibility index (Phi) is 10.2. The van der Waals surface area contributed by atoms with Gasteiger partial charge in [0.15, 0.2) is 0 Å². The predicted octanol–water partition coefficient (Wildman–Crippen LogP) is 6.45. The lowest BCUT2D eigenvalue weighted by molar-refractivity contribution is -0.140. The molecule has 0 spiro atoms. The second kappa shape index (κ2) is 12.8. The van der Waals surface area contributed by atoms with Gasteiger partial charge in [0.05, 0.1) is 10.6 Å². The van der Waals surface area contributed by atoms with Crippen molar-refractivity contribution in [3.8, 4) is 0 Å². The van der Waals surface area contributed by atoms with Crippen LogP contribution in [-0.4, -0.2) is 43.3 Å². The lowest BCUT2D eigenvalue weighted by atomic mass is 10.1. The van der Waals surface area contributed by atoms with E-state index in [1.807, 2.05) is 40.7 Å². The van der Waals surface area contributed by atoms with E-state index in [1.165, 1.54) is 17.0 Å². The molecule has 1 atom stereocenters. The minimum atomic E-state index is -4.15. The molecule has 0 aromatic heterocycles. The first kappa shape index (κ1) is 32.4. The fraction of sp³-hybridized carbons (Fsp3) is 0.355. The van der Waals surface area contributed by atoms with Gasteiger partial charge in [0.2, 0.25) is 11.8 Å². The van der Waals surface area contributed by atoms with Crippen LogP contribution >= 0.6 is 23.2 Å². The molecule has 3 aromatic rings. The molecular weight excluding hydrogens is 581 g/mol. The lowest BCUT2D eigenvalue weighted by Gasteiger charge is -2.34. The van der Waals surface area contributed by atoms with Gasteiger partial charge < -0.3 is 10.2 Å². The zero-order chi connectivity index (χ0) is 30.7. The van der Waals surface area contributed by atoms with E-state index < -0.39 is 34.1 Å². The van der Waals surface area contributed by atoms with E-state index in [-0.39, 0.29) is 17.3 Å². The van der Waals surface area contributed by atoms with Crippen molar-refractivity contribution in [2.75, 3.05) is 10.8 Å². The number of hydrogen-bond acceptors (Lipinski definition) is 4. The number of nitrogens with zero attached hydrogens (tertiary/aromatic N) is 2. The fourth-order valence-electron chi connectivity index (χ4n) is 4.33. The van der Waals surface area contributed by atoms with Crippen LogP contribution in [0.15, 0.2) is 65.6 Å². The summed E-state index contributed by atoms with van der Waals surface area (Å²) >= 11 is 12.5. The first-order valence-electron chi connectivity index (χ1n) is 13.2. The topological polar surface area (TPSA) is 86.8 Å². The molecule has 220 valence electrons. The number of carbonyl (C=O) groups is 2. The molecule has 0 aliphatic heterocycles. The average molecular weight is 619 g/mol. The Balaban J connectivity index is 2.10. The van der Waals surface area contributed by atoms with Gasteiger partial charge >= 0.3 is 0 Å². The van der Waals surface area contributed by atoms with Gasteiger partial charge in [0.1, 0.15) is 12.6 Å². The summed E-state index contributed by atoms with van der Waals surface area (Å²) in [7, 11) is -4.15. The maximum absolute atomic E-state index is 14.1. The molecule has 0 unspecified atom stereocenters. The van der Waals surface area contributed by atoms with E-state index in [2.05, 4.69) is 5.32 Å². The summed E-state index contributed by atoms with van der Waals surface area (Å²) in [5, 5.41) is 3.67. The van der Waals surface area contributed by atoms with Crippen molar-refractivity contribution in [3.63, 3.8) is 0 Å². The monoisotopic (exact) mass is 617 g/mol. The molecule has 2 amide bonds. The van der Waals surface area contributed by atoms with Crippen molar-refractivity contribution >= 4 is 50.7 Å². The number of rotatable bonds is 9. The molecule has 0 heterocycles. The summed E-state index contributed by atoms with van der Waals surface area (Å²) in [6, 6.07) is 15.8. The van der Waals surface area contributed by atoms with Crippen LogP contribution in [0.1, 0.15) is 49.9 Å². The highest BCUT2D eigenvalue weighted by atomic mass is 35.5. The molecular formula is C31H37Cl2N3O4S. The molecule has 10 heteroatoms. The third-order valence-corrected chi connectivity index (χ3v) is 8.89. The van der Waals surface area contributed by atoms with Crippen molar-refractivity contribution in [2.45, 2.75) is 71.5 Å². The van der Waals surface area contributed by atoms with Crippen molar-refractivity contribution in [2.24, 2.45) is 0 Å². The van der Waals surface area contributed by atoms with Crippen LogP contribution < -0.4 is 9.62 Å². The summed E-state index contributed by atoms with van der Waals surface area (Å²) < 4.78 is 29.2. The zero-order valence-corrected chi connectivity index (χ0v) is 26.8. The molecule has 7 nitrogen and oxygen atoms in total. The number of hydrogen-bond donors (Lipinski definition) is 1. The number of halogens is 2. The maximum atomic E-state index is 14.1. The summed E-state index contributed by atoms with van der Waals surface area (Å²) in [5.41, 5.74) is 2.96. The summed E-state index contributed by atoms with van der Waals surface area (Å²) in [5.74, 6) is -0.946. The molecule has 0 fully saturated rings. The second-order valence-electron chi connectivity index (χ2n) is 11.3. The predicted molar refractivity (Wildman–Crippen MR) is 166 cm³/mol. The Morgan fingerprint density at radius 1 is 0.902 bits per heavy atom. The van der Waals surface area contributed by atoms with Crippen molar-refractivity contribution in [3.05, 3.63) is 93.0 Å². The van der Waals surface area contributed by atoms with E-state index in [9.17, 15) is 18.0 Å². The second-order valence-corrected chi connectivity index (χ2v) is 14.0. The molecule has 0 saturated heterocycles. The summed E-state index contributed by atoms with van der Waals surface area (Å²) in [6.07, 6.45) is 0. The van der Waals surface area contributed by atoms with Gasteiger partial charge in [-0.2, -0.15) is 0 Å². The van der Waals surface area contributed by atoms with E-state index in [4.69, 9.17) is 23.2 Å². The minimum Gasteiger partial charge on any atom is -0.350 e. The molecule has 3 rings (SSSR count). The molecule has 0 saturated carbocycles. The van der Waals surface area contributed by atoms with Crippen molar-refractivity contribution in [1.29, 1.82) is 0 Å². The van der Waals surface area contributed by atoms with Crippen LogP contribution in [0.4, 0.5) is 5.69 Å². The van der Waals surface area contributed by atoms with Gasteiger partial charge in [0.25, 0.3) is 10.0 Å². The Morgan fingerprint density at radius 3 is 2.07 bits per heavy atom. The molecule has 0 bridgehead atoms. The lowest BCUT2D eigenvalue weighted by Crippen LogP contribution is -2.54. The van der Waals surface area contributed by atoms with Crippen LogP contribution in [0.3, 0.4) is 0 Å². The minimum absolute atomic E-state index is 0.0289. The maximum Gasteiger partial charge on any atom is 0.264 e. The van der Waals surface area contributed by atoms with Gasteiger partial charge in [-0.05, 0) is 89.9 Å². The molecule has 3 aromatic carbocycles. The molecule has 41 heavy (non-hydrogen) atoms. The Labute approximate surface area is 253 Å². The smallest absolute Gasteiger partial charge is 0.264 e. The standard InChI is InChI=1S/C31H37Cl2N3O4S/c1-20-8-13-26(14-9-20)41(39,40)36(28-15-10-21(2)16-22(28)3)19-29(37)35(23(4)30(38)34-31(5,6)7)18-24-11-12-25(32)17-27(24)33/h8-17,23H,18-19H2,1-7H3,(H,34,38)/t23-/m1/s1. The number of amides is 2. The highest BCUT2D eigenvalue weighted by Gasteiger charge is 2.34. The Hall–Kier alpha value is -3.07. The number of benzene rings is 3. The van der Waals surface area contributed by atoms with Gasteiger partial charge in [-0.1, -0.05) is 64.7 Å². The number of aryl methyl sites for hydroxylation is 3. The van der Waals surface area contributed by atoms with E-state index in [0.29, 0.717) is 26.9 Å². The van der Waals surface area contributed by atoms with Gasteiger partial charge in [0, 0.05) is 22.1 Å². The number of carbonyl (C=O) groups excluding carboxylic acids is 2. The van der Waals surface area contributed by atoms with Crippen LogP contribution in [0.5, 0.6) is 0 Å². The molecule has 0 aliphatic carbocycles. The van der Waals surface area contributed by atoms with Gasteiger partial charge in [-0.25, -0.2) is 8.42 Å². The van der Waals surface area contributed by atoms with Crippen molar-refractivity contribution < 1.29 is 18.0 Å². The highest BCUT2D eigenvalue weighted by Crippen LogP contribution is 2.29. The average Bonchev–Trinajstić information content (AvgIpc) is 2.86. The normalized spacial score (nSPS) is 12.5. The summed E-state index contributed by atoms with van der Waals surface area (Å²) in [6.45, 7) is 12.2. The largest absolute Gasteiger partial charge is 0.350 e. The molecule has 0 aliphatic rings. The quantitative estimate of drug-likeness (QED) is 0.299. The molecule has 1 N–H and O–H groups in total. The number of nitrogens with one attached hydrogen (secondary N) is 1. The number of anilines is 1. The van der Waals surface area contributed by atoms with Crippen LogP contribution in [-0.2, 0) is 26.2 Å². The van der Waals surface area contributed by atoms with Crippen LogP contribution in [0.25, 0.3) is 0 Å². The fourth-order valence-corrected chi connectivity index (χ4v) is 6.27. The molecule has 0 radical (unpaired) electrons. The Morgan fingerprint density at radius 2 is 1.51 bits per heavy atom. The third-order valence-electron chi connectivity index (χ3n) is 6.53. The van der Waals surface area contributed by atoms with E-state index in [1.54, 1.807) is 56.3 Å². The van der Waals surface area contributed by atoms with Gasteiger partial charge in [-0.3, -0.25) is 13.9 Å².